The molecule has 24 heavy (non-hydrogen) atoms. The number of fused-ring (bicyclic) bond motifs is 1. The van der Waals surface area contributed by atoms with Crippen LogP contribution in [0.2, 0.25) is 0 Å². The van der Waals surface area contributed by atoms with Gasteiger partial charge in [0, 0.05) is 17.3 Å². The van der Waals surface area contributed by atoms with Crippen molar-refractivity contribution in [1.82, 2.24) is 15.0 Å². The summed E-state index contributed by atoms with van der Waals surface area (Å²) in [6.07, 6.45) is 3.80. The zero-order valence-electron chi connectivity index (χ0n) is 15.1. The molecule has 0 atom stereocenters. The Labute approximate surface area is 143 Å². The van der Waals surface area contributed by atoms with E-state index in [1.807, 2.05) is 12.4 Å². The van der Waals surface area contributed by atoms with Gasteiger partial charge in [0.15, 0.2) is 5.65 Å². The van der Waals surface area contributed by atoms with Crippen LogP contribution >= 0.6 is 0 Å². The monoisotopic (exact) mass is 319 g/mol. The molecule has 0 saturated heterocycles. The molecule has 0 aliphatic carbocycles. The van der Waals surface area contributed by atoms with E-state index >= 15 is 0 Å². The normalized spacial score (nSPS) is 12.1. The highest BCUT2D eigenvalue weighted by atomic mass is 14.9. The number of nitrogens with zero attached hydrogens (tertiary/aromatic N) is 2. The summed E-state index contributed by atoms with van der Waals surface area (Å²) in [4.78, 5) is 12.7. The molecule has 0 fully saturated rings. The summed E-state index contributed by atoms with van der Waals surface area (Å²) in [5.41, 5.74) is 7.11. The van der Waals surface area contributed by atoms with Crippen molar-refractivity contribution in [3.05, 3.63) is 54.4 Å². The quantitative estimate of drug-likeness (QED) is 0.662. The van der Waals surface area contributed by atoms with E-state index in [-0.39, 0.29) is 5.41 Å². The molecule has 3 nitrogen and oxygen atoms in total. The van der Waals surface area contributed by atoms with Gasteiger partial charge in [-0.15, -0.1) is 0 Å². The van der Waals surface area contributed by atoms with Gasteiger partial charge < -0.3 is 4.98 Å². The number of H-pyrrole nitrogens is 1. The van der Waals surface area contributed by atoms with Crippen LogP contribution in [-0.4, -0.2) is 15.0 Å². The molecular formula is C21H25N3. The van der Waals surface area contributed by atoms with Gasteiger partial charge in [0.25, 0.3) is 0 Å². The van der Waals surface area contributed by atoms with Crippen molar-refractivity contribution >= 4 is 16.7 Å². The van der Waals surface area contributed by atoms with Gasteiger partial charge >= 0.3 is 0 Å². The third-order valence-corrected chi connectivity index (χ3v) is 4.46. The second-order valence-corrected chi connectivity index (χ2v) is 7.66. The van der Waals surface area contributed by atoms with Crippen molar-refractivity contribution < 1.29 is 0 Å². The van der Waals surface area contributed by atoms with Gasteiger partial charge in [0.05, 0.1) is 11.9 Å². The van der Waals surface area contributed by atoms with Crippen LogP contribution in [-0.2, 0) is 0 Å². The minimum absolute atomic E-state index is 0.00956. The van der Waals surface area contributed by atoms with Crippen molar-refractivity contribution in [3.8, 4) is 11.3 Å². The van der Waals surface area contributed by atoms with Crippen LogP contribution in [0.25, 0.3) is 28.0 Å². The van der Waals surface area contributed by atoms with E-state index in [4.69, 9.17) is 4.98 Å². The Bertz CT molecular complexity index is 895. The van der Waals surface area contributed by atoms with Crippen LogP contribution in [0.1, 0.15) is 51.7 Å². The lowest BCUT2D eigenvalue weighted by Gasteiger charge is -2.21. The number of aromatic nitrogens is 3. The number of hydrogen-bond acceptors (Lipinski definition) is 2. The smallest absolute Gasteiger partial charge is 0.156 e. The van der Waals surface area contributed by atoms with E-state index < -0.39 is 0 Å². The molecule has 0 unspecified atom stereocenters. The van der Waals surface area contributed by atoms with Crippen molar-refractivity contribution in [2.24, 2.45) is 5.41 Å². The molecule has 124 valence electrons. The molecular weight excluding hydrogens is 294 g/mol. The lowest BCUT2D eigenvalue weighted by molar-refractivity contribution is 0.568. The van der Waals surface area contributed by atoms with Crippen molar-refractivity contribution in [2.45, 2.75) is 40.5 Å². The van der Waals surface area contributed by atoms with Gasteiger partial charge in [-0.2, -0.15) is 0 Å². The largest absolute Gasteiger partial charge is 0.344 e. The lowest BCUT2D eigenvalue weighted by Crippen LogP contribution is -2.07. The molecule has 2 aromatic heterocycles. The van der Waals surface area contributed by atoms with Gasteiger partial charge in [-0.05, 0) is 28.5 Å². The average Bonchev–Trinajstić information content (AvgIpc) is 2.96. The second-order valence-electron chi connectivity index (χ2n) is 7.66. The summed E-state index contributed by atoms with van der Waals surface area (Å²) in [6, 6.07) is 8.53. The van der Waals surface area contributed by atoms with E-state index in [1.165, 1.54) is 5.56 Å². The van der Waals surface area contributed by atoms with Crippen LogP contribution in [0.4, 0.5) is 0 Å². The molecule has 3 aromatic rings. The third-order valence-electron chi connectivity index (χ3n) is 4.46. The van der Waals surface area contributed by atoms with Crippen molar-refractivity contribution in [3.63, 3.8) is 0 Å². The number of nitrogens with one attached hydrogen (secondary N) is 1. The fourth-order valence-corrected chi connectivity index (χ4v) is 2.72. The Hall–Kier alpha value is -2.42. The number of rotatable bonds is 3. The highest BCUT2D eigenvalue weighted by Gasteiger charge is 2.20. The highest BCUT2D eigenvalue weighted by molar-refractivity contribution is 5.89. The summed E-state index contributed by atoms with van der Waals surface area (Å²) in [6.45, 7) is 15.2. The number of hydrogen-bond donors (Lipinski definition) is 1. The first-order valence-corrected chi connectivity index (χ1v) is 8.41. The molecule has 0 amide bonds. The maximum absolute atomic E-state index is 4.89. The molecule has 3 rings (SSSR count). The van der Waals surface area contributed by atoms with Crippen LogP contribution < -0.4 is 0 Å². The number of allylic oxidation sites excluding steroid dienone is 1. The number of benzene rings is 1. The Morgan fingerprint density at radius 1 is 1.21 bits per heavy atom. The molecule has 2 heterocycles. The van der Waals surface area contributed by atoms with Gasteiger partial charge in [-0.3, -0.25) is 0 Å². The summed E-state index contributed by atoms with van der Waals surface area (Å²) in [5.74, 6) is 0.491. The third kappa shape index (κ3) is 2.99. The molecule has 0 radical (unpaired) electrons. The molecule has 0 bridgehead atoms. The highest BCUT2D eigenvalue weighted by Crippen LogP contribution is 2.35. The summed E-state index contributed by atoms with van der Waals surface area (Å²) >= 11 is 0. The van der Waals surface area contributed by atoms with Gasteiger partial charge in [-0.25, -0.2) is 9.97 Å². The molecule has 1 N–H and O–H groups in total. The van der Waals surface area contributed by atoms with Crippen molar-refractivity contribution in [1.29, 1.82) is 0 Å². The SMILES string of the molecule is C=C(c1c[nH]c2ncc(-c3cccc(C(C)C)c3)nc12)C(C)(C)C. The first-order chi connectivity index (χ1) is 11.3. The zero-order chi connectivity index (χ0) is 17.5. The number of aromatic amines is 1. The van der Waals surface area contributed by atoms with E-state index in [0.29, 0.717) is 5.92 Å². The van der Waals surface area contributed by atoms with Crippen LogP contribution in [0.15, 0.2) is 43.2 Å². The Morgan fingerprint density at radius 2 is 1.96 bits per heavy atom. The van der Waals surface area contributed by atoms with Crippen molar-refractivity contribution in [2.75, 3.05) is 0 Å². The first-order valence-electron chi connectivity index (χ1n) is 8.41. The van der Waals surface area contributed by atoms with E-state index in [2.05, 4.69) is 75.4 Å². The standard InChI is InChI=1S/C21H25N3/c1-13(2)15-8-7-9-16(10-15)18-12-23-20-19(24-18)17(11-22-20)14(3)21(4,5)6/h7-13H,3H2,1-2,4-6H3,(H,22,23). The van der Waals surface area contributed by atoms with E-state index in [1.54, 1.807) is 0 Å². The Balaban J connectivity index is 2.11. The zero-order valence-corrected chi connectivity index (χ0v) is 15.1. The second kappa shape index (κ2) is 5.90. The van der Waals surface area contributed by atoms with Gasteiger partial charge in [0.2, 0.25) is 0 Å². The van der Waals surface area contributed by atoms with Crippen LogP contribution in [0, 0.1) is 5.41 Å². The molecule has 0 saturated carbocycles. The summed E-state index contributed by atoms with van der Waals surface area (Å²) in [5, 5.41) is 0. The summed E-state index contributed by atoms with van der Waals surface area (Å²) in [7, 11) is 0. The van der Waals surface area contributed by atoms with Gasteiger partial charge in [-0.1, -0.05) is 59.4 Å². The topological polar surface area (TPSA) is 41.6 Å². The maximum Gasteiger partial charge on any atom is 0.156 e. The first kappa shape index (κ1) is 16.4. The van der Waals surface area contributed by atoms with E-state index in [0.717, 1.165) is 33.6 Å². The van der Waals surface area contributed by atoms with Crippen LogP contribution in [0.3, 0.4) is 0 Å². The molecule has 0 spiro atoms. The maximum atomic E-state index is 4.89. The molecule has 0 aliphatic heterocycles. The molecule has 0 aliphatic rings. The van der Waals surface area contributed by atoms with E-state index in [9.17, 15) is 0 Å². The average molecular weight is 319 g/mol. The van der Waals surface area contributed by atoms with Crippen LogP contribution in [0.5, 0.6) is 0 Å². The fourth-order valence-electron chi connectivity index (χ4n) is 2.72. The predicted octanol–water partition coefficient (Wildman–Crippen LogP) is 5.81. The Morgan fingerprint density at radius 3 is 2.62 bits per heavy atom. The fraction of sp³-hybridized carbons (Fsp3) is 0.333. The predicted molar refractivity (Wildman–Crippen MR) is 102 cm³/mol. The summed E-state index contributed by atoms with van der Waals surface area (Å²) < 4.78 is 0. The van der Waals surface area contributed by atoms with Gasteiger partial charge in [0.1, 0.15) is 5.52 Å². The Kier molecular flexibility index (Phi) is 4.04. The lowest BCUT2D eigenvalue weighted by atomic mass is 9.84. The minimum atomic E-state index is -0.00956. The molecule has 3 heteroatoms. The minimum Gasteiger partial charge on any atom is -0.344 e. The molecule has 1 aromatic carbocycles.